The molecule has 19 heavy (non-hydrogen) atoms. The zero-order valence-electron chi connectivity index (χ0n) is 11.1. The number of fused-ring (bicyclic) bond motifs is 1. The van der Waals surface area contributed by atoms with Crippen molar-refractivity contribution in [3.8, 4) is 10.6 Å². The van der Waals surface area contributed by atoms with Gasteiger partial charge in [0.15, 0.2) is 0 Å². The Labute approximate surface area is 117 Å². The molecule has 3 heteroatoms. The van der Waals surface area contributed by atoms with E-state index in [0.717, 1.165) is 12.2 Å². The van der Waals surface area contributed by atoms with E-state index in [9.17, 15) is 0 Å². The second-order valence-corrected chi connectivity index (χ2v) is 6.02. The summed E-state index contributed by atoms with van der Waals surface area (Å²) < 4.78 is 1.32. The number of nitrogens with zero attached hydrogens (tertiary/aromatic N) is 2. The van der Waals surface area contributed by atoms with Crippen molar-refractivity contribution in [2.75, 3.05) is 14.1 Å². The molecule has 3 aromatic rings. The third kappa shape index (κ3) is 2.67. The Morgan fingerprint density at radius 2 is 1.95 bits per heavy atom. The standard InChI is InChI=1S/C16H16N2S/c1-18(2)11-12-7-8-14(17-10-12)16-9-13-5-3-4-6-15(13)19-16/h3-10H,11H2,1-2H3. The van der Waals surface area contributed by atoms with Gasteiger partial charge in [-0.3, -0.25) is 4.98 Å². The monoisotopic (exact) mass is 268 g/mol. The lowest BCUT2D eigenvalue weighted by Gasteiger charge is -2.09. The Hall–Kier alpha value is -1.71. The maximum absolute atomic E-state index is 4.58. The van der Waals surface area contributed by atoms with Crippen LogP contribution in [0.4, 0.5) is 0 Å². The molecule has 0 spiro atoms. The molecule has 0 saturated heterocycles. The first-order chi connectivity index (χ1) is 9.22. The quantitative estimate of drug-likeness (QED) is 0.713. The molecule has 2 heterocycles. The summed E-state index contributed by atoms with van der Waals surface area (Å²) in [6, 6.07) is 15.0. The fraction of sp³-hybridized carbons (Fsp3) is 0.188. The van der Waals surface area contributed by atoms with E-state index in [2.05, 4.69) is 66.4 Å². The number of hydrogen-bond donors (Lipinski definition) is 0. The Bertz CT molecular complexity index is 650. The highest BCUT2D eigenvalue weighted by Crippen LogP contribution is 2.32. The summed E-state index contributed by atoms with van der Waals surface area (Å²) in [6.07, 6.45) is 1.97. The fourth-order valence-electron chi connectivity index (χ4n) is 2.14. The average molecular weight is 268 g/mol. The van der Waals surface area contributed by atoms with Gasteiger partial charge in [-0.1, -0.05) is 24.3 Å². The topological polar surface area (TPSA) is 16.1 Å². The van der Waals surface area contributed by atoms with E-state index in [0.29, 0.717) is 0 Å². The molecule has 1 aromatic carbocycles. The molecule has 0 N–H and O–H groups in total. The van der Waals surface area contributed by atoms with Gasteiger partial charge in [0.1, 0.15) is 0 Å². The Balaban J connectivity index is 1.93. The first kappa shape index (κ1) is 12.3. The molecule has 3 rings (SSSR count). The van der Waals surface area contributed by atoms with Gasteiger partial charge in [0.25, 0.3) is 0 Å². The van der Waals surface area contributed by atoms with Crippen LogP contribution in [0.2, 0.25) is 0 Å². The molecular formula is C16H16N2S. The summed E-state index contributed by atoms with van der Waals surface area (Å²) >= 11 is 1.80. The average Bonchev–Trinajstić information content (AvgIpc) is 2.82. The van der Waals surface area contributed by atoms with Gasteiger partial charge < -0.3 is 4.90 Å². The highest BCUT2D eigenvalue weighted by atomic mass is 32.1. The molecule has 0 saturated carbocycles. The Morgan fingerprint density at radius 3 is 2.63 bits per heavy atom. The van der Waals surface area contributed by atoms with Crippen molar-refractivity contribution < 1.29 is 0 Å². The number of rotatable bonds is 3. The van der Waals surface area contributed by atoms with Crippen LogP contribution in [0, 0.1) is 0 Å². The molecule has 0 atom stereocenters. The van der Waals surface area contributed by atoms with Crippen molar-refractivity contribution >= 4 is 21.4 Å². The van der Waals surface area contributed by atoms with Crippen molar-refractivity contribution in [1.29, 1.82) is 0 Å². The maximum Gasteiger partial charge on any atom is 0.0802 e. The number of hydrogen-bond acceptors (Lipinski definition) is 3. The third-order valence-corrected chi connectivity index (χ3v) is 4.14. The summed E-state index contributed by atoms with van der Waals surface area (Å²) in [7, 11) is 4.14. The summed E-state index contributed by atoms with van der Waals surface area (Å²) in [5, 5.41) is 1.29. The van der Waals surface area contributed by atoms with Gasteiger partial charge in [0.05, 0.1) is 10.6 Å². The first-order valence-electron chi connectivity index (χ1n) is 6.31. The summed E-state index contributed by atoms with van der Waals surface area (Å²) in [5.74, 6) is 0. The molecule has 0 amide bonds. The van der Waals surface area contributed by atoms with Crippen molar-refractivity contribution in [2.24, 2.45) is 0 Å². The lowest BCUT2D eigenvalue weighted by molar-refractivity contribution is 0.402. The van der Waals surface area contributed by atoms with Gasteiger partial charge in [0, 0.05) is 17.4 Å². The largest absolute Gasteiger partial charge is 0.305 e. The van der Waals surface area contributed by atoms with Gasteiger partial charge >= 0.3 is 0 Å². The molecule has 0 aliphatic rings. The zero-order chi connectivity index (χ0) is 13.2. The van der Waals surface area contributed by atoms with E-state index in [4.69, 9.17) is 0 Å². The van der Waals surface area contributed by atoms with Gasteiger partial charge in [0.2, 0.25) is 0 Å². The smallest absolute Gasteiger partial charge is 0.0802 e. The van der Waals surface area contributed by atoms with Crippen LogP contribution in [-0.2, 0) is 6.54 Å². The van der Waals surface area contributed by atoms with Gasteiger partial charge in [-0.2, -0.15) is 0 Å². The minimum atomic E-state index is 0.930. The summed E-state index contributed by atoms with van der Waals surface area (Å²) in [6.45, 7) is 0.930. The van der Waals surface area contributed by atoms with E-state index in [1.54, 1.807) is 11.3 Å². The van der Waals surface area contributed by atoms with Crippen LogP contribution in [-0.4, -0.2) is 24.0 Å². The number of benzene rings is 1. The predicted molar refractivity (Wildman–Crippen MR) is 82.4 cm³/mol. The molecular weight excluding hydrogens is 252 g/mol. The SMILES string of the molecule is CN(C)Cc1ccc(-c2cc3ccccc3s2)nc1. The minimum absolute atomic E-state index is 0.930. The molecule has 0 bridgehead atoms. The molecule has 0 aliphatic heterocycles. The Morgan fingerprint density at radius 1 is 1.11 bits per heavy atom. The van der Waals surface area contributed by atoms with Crippen LogP contribution in [0.5, 0.6) is 0 Å². The lowest BCUT2D eigenvalue weighted by Crippen LogP contribution is -2.10. The summed E-state index contributed by atoms with van der Waals surface area (Å²) in [5.41, 5.74) is 2.30. The highest BCUT2D eigenvalue weighted by Gasteiger charge is 2.05. The van der Waals surface area contributed by atoms with E-state index in [1.807, 2.05) is 6.20 Å². The van der Waals surface area contributed by atoms with E-state index >= 15 is 0 Å². The van der Waals surface area contributed by atoms with Crippen LogP contribution in [0.1, 0.15) is 5.56 Å². The van der Waals surface area contributed by atoms with Crippen LogP contribution < -0.4 is 0 Å². The van der Waals surface area contributed by atoms with Crippen molar-refractivity contribution in [3.63, 3.8) is 0 Å². The van der Waals surface area contributed by atoms with E-state index < -0.39 is 0 Å². The second-order valence-electron chi connectivity index (χ2n) is 4.94. The first-order valence-corrected chi connectivity index (χ1v) is 7.12. The predicted octanol–water partition coefficient (Wildman–Crippen LogP) is 4.02. The number of thiophene rings is 1. The summed E-state index contributed by atoms with van der Waals surface area (Å²) in [4.78, 5) is 7.96. The number of aromatic nitrogens is 1. The van der Waals surface area contributed by atoms with Crippen molar-refractivity contribution in [1.82, 2.24) is 9.88 Å². The Kier molecular flexibility index (Phi) is 3.32. The molecule has 0 radical (unpaired) electrons. The van der Waals surface area contributed by atoms with Crippen molar-refractivity contribution in [3.05, 3.63) is 54.2 Å². The zero-order valence-corrected chi connectivity index (χ0v) is 11.9. The van der Waals surface area contributed by atoms with E-state index in [-0.39, 0.29) is 0 Å². The molecule has 0 aliphatic carbocycles. The van der Waals surface area contributed by atoms with Crippen LogP contribution in [0.25, 0.3) is 20.7 Å². The molecule has 2 nitrogen and oxygen atoms in total. The maximum atomic E-state index is 4.58. The molecule has 96 valence electrons. The van der Waals surface area contributed by atoms with Gasteiger partial charge in [-0.15, -0.1) is 11.3 Å². The molecule has 2 aromatic heterocycles. The lowest BCUT2D eigenvalue weighted by atomic mass is 10.2. The van der Waals surface area contributed by atoms with Gasteiger partial charge in [-0.05, 0) is 43.2 Å². The van der Waals surface area contributed by atoms with Crippen molar-refractivity contribution in [2.45, 2.75) is 6.54 Å². The highest BCUT2D eigenvalue weighted by molar-refractivity contribution is 7.22. The third-order valence-electron chi connectivity index (χ3n) is 3.00. The fourth-order valence-corrected chi connectivity index (χ4v) is 3.18. The van der Waals surface area contributed by atoms with Crippen LogP contribution in [0.3, 0.4) is 0 Å². The van der Waals surface area contributed by atoms with E-state index in [1.165, 1.54) is 20.5 Å². The minimum Gasteiger partial charge on any atom is -0.305 e. The second kappa shape index (κ2) is 5.11. The van der Waals surface area contributed by atoms with Gasteiger partial charge in [-0.25, -0.2) is 0 Å². The van der Waals surface area contributed by atoms with Crippen LogP contribution >= 0.6 is 11.3 Å². The number of pyridine rings is 1. The molecule has 0 unspecified atom stereocenters. The normalized spacial score (nSPS) is 11.3. The molecule has 0 fully saturated rings. The van der Waals surface area contributed by atoms with Crippen LogP contribution in [0.15, 0.2) is 48.7 Å².